The second kappa shape index (κ2) is 5.67. The van der Waals surface area contributed by atoms with Crippen LogP contribution >= 0.6 is 11.6 Å². The summed E-state index contributed by atoms with van der Waals surface area (Å²) in [4.78, 5) is 9.94. The standard InChI is InChI=1S/C10H12ClNO4/c1-7(5-13)6-16-8-2-3-10(12(14)15)9(11)4-8/h2-4,7,13H,5-6H2,1H3. The summed E-state index contributed by atoms with van der Waals surface area (Å²) in [6, 6.07) is 4.17. The second-order valence-corrected chi connectivity index (χ2v) is 3.88. The molecule has 16 heavy (non-hydrogen) atoms. The lowest BCUT2D eigenvalue weighted by Crippen LogP contribution is -2.12. The Bertz CT molecular complexity index is 383. The van der Waals surface area contributed by atoms with Crippen molar-refractivity contribution >= 4 is 17.3 Å². The van der Waals surface area contributed by atoms with Gasteiger partial charge in [-0.2, -0.15) is 0 Å². The lowest BCUT2D eigenvalue weighted by Gasteiger charge is -2.10. The molecule has 0 amide bonds. The highest BCUT2D eigenvalue weighted by Crippen LogP contribution is 2.28. The lowest BCUT2D eigenvalue weighted by atomic mass is 10.2. The molecule has 0 fully saturated rings. The van der Waals surface area contributed by atoms with Crippen LogP contribution in [0.25, 0.3) is 0 Å². The van der Waals surface area contributed by atoms with Gasteiger partial charge in [-0.05, 0) is 6.07 Å². The molecule has 0 aliphatic carbocycles. The van der Waals surface area contributed by atoms with E-state index in [1.54, 1.807) is 0 Å². The molecule has 0 bridgehead atoms. The number of hydrogen-bond acceptors (Lipinski definition) is 4. The highest BCUT2D eigenvalue weighted by atomic mass is 35.5. The van der Waals surface area contributed by atoms with E-state index in [1.165, 1.54) is 18.2 Å². The van der Waals surface area contributed by atoms with Gasteiger partial charge in [0.2, 0.25) is 0 Å². The van der Waals surface area contributed by atoms with Gasteiger partial charge in [0, 0.05) is 24.7 Å². The molecule has 0 radical (unpaired) electrons. The Balaban J connectivity index is 2.70. The van der Waals surface area contributed by atoms with Gasteiger partial charge in [-0.15, -0.1) is 0 Å². The van der Waals surface area contributed by atoms with Gasteiger partial charge in [0.15, 0.2) is 0 Å². The zero-order valence-electron chi connectivity index (χ0n) is 8.72. The Morgan fingerprint density at radius 3 is 2.81 bits per heavy atom. The first kappa shape index (κ1) is 12.7. The predicted molar refractivity (Wildman–Crippen MR) is 59.9 cm³/mol. The number of hydrogen-bond donors (Lipinski definition) is 1. The maximum Gasteiger partial charge on any atom is 0.288 e. The number of aliphatic hydroxyl groups is 1. The van der Waals surface area contributed by atoms with Gasteiger partial charge >= 0.3 is 0 Å². The predicted octanol–water partition coefficient (Wildman–Crippen LogP) is 2.26. The minimum atomic E-state index is -0.553. The number of ether oxygens (including phenoxy) is 1. The number of benzene rings is 1. The molecule has 0 aliphatic rings. The Kier molecular flexibility index (Phi) is 4.52. The van der Waals surface area contributed by atoms with Gasteiger partial charge in [0.1, 0.15) is 10.8 Å². The highest BCUT2D eigenvalue weighted by molar-refractivity contribution is 6.32. The van der Waals surface area contributed by atoms with Gasteiger partial charge in [-0.25, -0.2) is 0 Å². The molecule has 1 unspecified atom stereocenters. The first-order chi connectivity index (χ1) is 7.54. The molecule has 0 aliphatic heterocycles. The largest absolute Gasteiger partial charge is 0.493 e. The third kappa shape index (κ3) is 3.36. The van der Waals surface area contributed by atoms with E-state index in [4.69, 9.17) is 21.4 Å². The van der Waals surface area contributed by atoms with Crippen molar-refractivity contribution < 1.29 is 14.8 Å². The molecular formula is C10H12ClNO4. The molecule has 5 nitrogen and oxygen atoms in total. The summed E-state index contributed by atoms with van der Waals surface area (Å²) in [6.07, 6.45) is 0. The van der Waals surface area contributed by atoms with E-state index in [1.807, 2.05) is 6.92 Å². The average Bonchev–Trinajstić information content (AvgIpc) is 2.25. The lowest BCUT2D eigenvalue weighted by molar-refractivity contribution is -0.384. The fraction of sp³-hybridized carbons (Fsp3) is 0.400. The maximum absolute atomic E-state index is 10.5. The van der Waals surface area contributed by atoms with Crippen molar-refractivity contribution in [1.29, 1.82) is 0 Å². The Morgan fingerprint density at radius 1 is 1.62 bits per heavy atom. The number of halogens is 1. The monoisotopic (exact) mass is 245 g/mol. The normalized spacial score (nSPS) is 12.2. The fourth-order valence-corrected chi connectivity index (χ4v) is 1.26. The summed E-state index contributed by atoms with van der Waals surface area (Å²) in [5, 5.41) is 19.3. The van der Waals surface area contributed by atoms with E-state index < -0.39 is 4.92 Å². The number of rotatable bonds is 5. The molecule has 0 saturated carbocycles. The summed E-state index contributed by atoms with van der Waals surface area (Å²) in [5.74, 6) is 0.463. The van der Waals surface area contributed by atoms with Crippen molar-refractivity contribution in [3.8, 4) is 5.75 Å². The number of nitrogens with zero attached hydrogens (tertiary/aromatic N) is 1. The Morgan fingerprint density at radius 2 is 2.31 bits per heavy atom. The zero-order valence-corrected chi connectivity index (χ0v) is 9.48. The summed E-state index contributed by atoms with van der Waals surface area (Å²) in [5.41, 5.74) is -0.149. The summed E-state index contributed by atoms with van der Waals surface area (Å²) in [7, 11) is 0. The maximum atomic E-state index is 10.5. The van der Waals surface area contributed by atoms with E-state index in [9.17, 15) is 10.1 Å². The molecule has 0 saturated heterocycles. The first-order valence-electron chi connectivity index (χ1n) is 4.72. The van der Waals surface area contributed by atoms with Crippen molar-refractivity contribution in [2.75, 3.05) is 13.2 Å². The summed E-state index contributed by atoms with van der Waals surface area (Å²) < 4.78 is 5.31. The number of nitro groups is 1. The second-order valence-electron chi connectivity index (χ2n) is 3.47. The molecule has 1 aromatic carbocycles. The molecule has 0 heterocycles. The van der Waals surface area contributed by atoms with E-state index in [0.717, 1.165) is 0 Å². The van der Waals surface area contributed by atoms with E-state index >= 15 is 0 Å². The van der Waals surface area contributed by atoms with Crippen LogP contribution in [0.4, 0.5) is 5.69 Å². The van der Waals surface area contributed by atoms with Gasteiger partial charge in [-0.3, -0.25) is 10.1 Å². The van der Waals surface area contributed by atoms with Crippen LogP contribution in [-0.4, -0.2) is 23.2 Å². The van der Waals surface area contributed by atoms with Crippen LogP contribution in [0.15, 0.2) is 18.2 Å². The Hall–Kier alpha value is -1.33. The minimum absolute atomic E-state index is 0.00830. The molecular weight excluding hydrogens is 234 g/mol. The minimum Gasteiger partial charge on any atom is -0.493 e. The molecule has 88 valence electrons. The van der Waals surface area contributed by atoms with Gasteiger partial charge in [0.25, 0.3) is 5.69 Å². The van der Waals surface area contributed by atoms with Crippen molar-refractivity contribution in [1.82, 2.24) is 0 Å². The number of aliphatic hydroxyl groups excluding tert-OH is 1. The van der Waals surface area contributed by atoms with Crippen LogP contribution in [0.1, 0.15) is 6.92 Å². The number of nitro benzene ring substituents is 1. The molecule has 6 heteroatoms. The van der Waals surface area contributed by atoms with Crippen LogP contribution in [-0.2, 0) is 0 Å². The summed E-state index contributed by atoms with van der Waals surface area (Å²) in [6.45, 7) is 2.19. The van der Waals surface area contributed by atoms with Crippen molar-refractivity contribution in [2.45, 2.75) is 6.92 Å². The fourth-order valence-electron chi connectivity index (χ4n) is 1.02. The van der Waals surface area contributed by atoms with Crippen LogP contribution < -0.4 is 4.74 Å². The van der Waals surface area contributed by atoms with Gasteiger partial charge in [-0.1, -0.05) is 18.5 Å². The van der Waals surface area contributed by atoms with Gasteiger partial charge < -0.3 is 9.84 Å². The summed E-state index contributed by atoms with van der Waals surface area (Å²) >= 11 is 5.70. The van der Waals surface area contributed by atoms with E-state index in [2.05, 4.69) is 0 Å². The third-order valence-corrected chi connectivity index (χ3v) is 2.26. The van der Waals surface area contributed by atoms with Crippen molar-refractivity contribution in [3.63, 3.8) is 0 Å². The molecule has 1 rings (SSSR count). The van der Waals surface area contributed by atoms with E-state index in [-0.39, 0.29) is 23.2 Å². The SMILES string of the molecule is CC(CO)COc1ccc([N+](=O)[O-])c(Cl)c1. The van der Waals surface area contributed by atoms with E-state index in [0.29, 0.717) is 12.4 Å². The average molecular weight is 246 g/mol. The highest BCUT2D eigenvalue weighted by Gasteiger charge is 2.12. The molecule has 1 aromatic rings. The van der Waals surface area contributed by atoms with Gasteiger partial charge in [0.05, 0.1) is 11.5 Å². The van der Waals surface area contributed by atoms with Crippen molar-refractivity contribution in [2.24, 2.45) is 5.92 Å². The Labute approximate surface area is 97.8 Å². The molecule has 0 aromatic heterocycles. The van der Waals surface area contributed by atoms with Crippen LogP contribution in [0.5, 0.6) is 5.75 Å². The smallest absolute Gasteiger partial charge is 0.288 e. The quantitative estimate of drug-likeness (QED) is 0.638. The first-order valence-corrected chi connectivity index (χ1v) is 5.10. The van der Waals surface area contributed by atoms with Crippen molar-refractivity contribution in [3.05, 3.63) is 33.3 Å². The molecule has 0 spiro atoms. The third-order valence-electron chi connectivity index (χ3n) is 1.96. The molecule has 1 atom stereocenters. The van der Waals surface area contributed by atoms with Crippen LogP contribution in [0, 0.1) is 16.0 Å². The van der Waals surface area contributed by atoms with Crippen LogP contribution in [0.2, 0.25) is 5.02 Å². The molecule has 1 N–H and O–H groups in total. The zero-order chi connectivity index (χ0) is 12.1. The topological polar surface area (TPSA) is 72.6 Å². The van der Waals surface area contributed by atoms with Crippen LogP contribution in [0.3, 0.4) is 0 Å².